The van der Waals surface area contributed by atoms with Crippen LogP contribution in [0.4, 0.5) is 10.6 Å². The van der Waals surface area contributed by atoms with Crippen LogP contribution in [-0.4, -0.2) is 60.1 Å². The molecule has 1 aromatic heterocycles. The highest BCUT2D eigenvalue weighted by atomic mass is 35.5. The summed E-state index contributed by atoms with van der Waals surface area (Å²) in [6, 6.07) is 13.3. The van der Waals surface area contributed by atoms with Gasteiger partial charge in [0.05, 0.1) is 24.3 Å². The van der Waals surface area contributed by atoms with E-state index in [1.165, 1.54) is 0 Å². The van der Waals surface area contributed by atoms with E-state index in [4.69, 9.17) is 19.4 Å². The molecule has 0 saturated carbocycles. The van der Waals surface area contributed by atoms with Crippen LogP contribution in [0.2, 0.25) is 0 Å². The van der Waals surface area contributed by atoms with Crippen molar-refractivity contribution in [1.29, 1.82) is 0 Å². The standard InChI is InChI=1S/C26H30N4O4.ClH/c1-17-8-9-20-22(13-17)28-24(21-6-2-3-7-23(21)31)29-25(20)30-11-4-5-18(15-30)14-27-26(32)34-19-10-12-33-16-19;/h2-3,6-9,13,18-19,31H,4-5,10-12,14-16H2,1H3,(H,27,32);1H/t18-,19+;/m1./s1. The molecule has 3 heterocycles. The van der Waals surface area contributed by atoms with Crippen LogP contribution in [0, 0.1) is 12.8 Å². The number of phenolic OH excluding ortho intramolecular Hbond substituents is 1. The monoisotopic (exact) mass is 498 g/mol. The van der Waals surface area contributed by atoms with Gasteiger partial charge in [-0.05, 0) is 55.5 Å². The Bertz CT molecular complexity index is 1190. The van der Waals surface area contributed by atoms with Crippen LogP contribution < -0.4 is 10.2 Å². The number of rotatable bonds is 5. The number of aryl methyl sites for hydroxylation is 1. The Morgan fingerprint density at radius 1 is 1.23 bits per heavy atom. The summed E-state index contributed by atoms with van der Waals surface area (Å²) in [6.45, 7) is 5.36. The Hall–Kier alpha value is -3.10. The first-order valence-corrected chi connectivity index (χ1v) is 11.9. The summed E-state index contributed by atoms with van der Waals surface area (Å²) < 4.78 is 10.7. The number of phenols is 1. The number of benzene rings is 2. The molecule has 2 atom stereocenters. The van der Waals surface area contributed by atoms with Crippen LogP contribution in [-0.2, 0) is 9.47 Å². The minimum Gasteiger partial charge on any atom is -0.507 e. The molecule has 8 nitrogen and oxygen atoms in total. The van der Waals surface area contributed by atoms with Crippen LogP contribution in [0.3, 0.4) is 0 Å². The minimum atomic E-state index is -0.377. The lowest BCUT2D eigenvalue weighted by Gasteiger charge is -2.34. The predicted octanol–water partition coefficient (Wildman–Crippen LogP) is 4.46. The highest BCUT2D eigenvalue weighted by molar-refractivity contribution is 5.92. The van der Waals surface area contributed by atoms with Crippen molar-refractivity contribution < 1.29 is 19.4 Å². The molecule has 3 aromatic rings. The number of para-hydroxylation sites is 1. The lowest BCUT2D eigenvalue weighted by Crippen LogP contribution is -2.42. The number of ether oxygens (including phenoxy) is 2. The molecular weight excluding hydrogens is 468 g/mol. The first kappa shape index (κ1) is 25.0. The van der Waals surface area contributed by atoms with E-state index in [0.717, 1.165) is 54.6 Å². The van der Waals surface area contributed by atoms with Gasteiger partial charge in [-0.3, -0.25) is 0 Å². The third kappa shape index (κ3) is 5.77. The molecule has 2 fully saturated rings. The van der Waals surface area contributed by atoms with Crippen molar-refractivity contribution in [1.82, 2.24) is 15.3 Å². The van der Waals surface area contributed by atoms with Crippen molar-refractivity contribution in [2.45, 2.75) is 32.3 Å². The summed E-state index contributed by atoms with van der Waals surface area (Å²) in [6.07, 6.45) is 2.26. The van der Waals surface area contributed by atoms with Gasteiger partial charge in [-0.1, -0.05) is 18.2 Å². The number of carbonyl (C=O) groups is 1. The largest absolute Gasteiger partial charge is 0.507 e. The normalized spacial score (nSPS) is 19.9. The summed E-state index contributed by atoms with van der Waals surface area (Å²) in [5.74, 6) is 1.81. The van der Waals surface area contributed by atoms with Gasteiger partial charge in [0.15, 0.2) is 5.82 Å². The Morgan fingerprint density at radius 2 is 2.09 bits per heavy atom. The van der Waals surface area contributed by atoms with Crippen molar-refractivity contribution in [3.05, 3.63) is 48.0 Å². The van der Waals surface area contributed by atoms with E-state index in [0.29, 0.717) is 31.1 Å². The van der Waals surface area contributed by atoms with Crippen LogP contribution in [0.1, 0.15) is 24.8 Å². The average molecular weight is 499 g/mol. The van der Waals surface area contributed by atoms with Crippen molar-refractivity contribution >= 4 is 35.2 Å². The SMILES string of the molecule is Cc1ccc2c(N3CCC[C@H](CNC(=O)O[C@H]4CCOC4)C3)nc(-c3ccccc3O)nc2c1.Cl. The number of aromatic nitrogens is 2. The third-order valence-electron chi connectivity index (χ3n) is 6.49. The zero-order valence-electron chi connectivity index (χ0n) is 19.8. The third-order valence-corrected chi connectivity index (χ3v) is 6.49. The fraction of sp³-hybridized carbons (Fsp3) is 0.423. The van der Waals surface area contributed by atoms with E-state index in [9.17, 15) is 9.90 Å². The first-order chi connectivity index (χ1) is 16.6. The van der Waals surface area contributed by atoms with Gasteiger partial charge in [-0.25, -0.2) is 14.8 Å². The summed E-state index contributed by atoms with van der Waals surface area (Å²) in [5, 5.41) is 14.3. The maximum absolute atomic E-state index is 12.2. The van der Waals surface area contributed by atoms with E-state index >= 15 is 0 Å². The van der Waals surface area contributed by atoms with Gasteiger partial charge in [0, 0.05) is 31.4 Å². The molecule has 5 rings (SSSR count). The maximum Gasteiger partial charge on any atom is 0.407 e. The molecule has 0 radical (unpaired) electrons. The summed E-state index contributed by atoms with van der Waals surface area (Å²) in [4.78, 5) is 24.1. The average Bonchev–Trinajstić information content (AvgIpc) is 3.35. The quantitative estimate of drug-likeness (QED) is 0.536. The minimum absolute atomic E-state index is 0. The lowest BCUT2D eigenvalue weighted by molar-refractivity contribution is 0.0821. The molecule has 9 heteroatoms. The number of carbonyl (C=O) groups excluding carboxylic acids is 1. The van der Waals surface area contributed by atoms with E-state index in [-0.39, 0.29) is 36.3 Å². The van der Waals surface area contributed by atoms with Crippen molar-refractivity contribution in [3.63, 3.8) is 0 Å². The second-order valence-corrected chi connectivity index (χ2v) is 9.13. The molecule has 186 valence electrons. The van der Waals surface area contributed by atoms with Gasteiger partial charge in [0.25, 0.3) is 0 Å². The zero-order chi connectivity index (χ0) is 23.5. The number of hydrogen-bond donors (Lipinski definition) is 2. The second-order valence-electron chi connectivity index (χ2n) is 9.13. The van der Waals surface area contributed by atoms with E-state index in [2.05, 4.69) is 28.4 Å². The number of alkyl carbamates (subject to hydrolysis) is 1. The topological polar surface area (TPSA) is 96.8 Å². The first-order valence-electron chi connectivity index (χ1n) is 11.9. The Kier molecular flexibility index (Phi) is 7.93. The fourth-order valence-electron chi connectivity index (χ4n) is 4.70. The highest BCUT2D eigenvalue weighted by Gasteiger charge is 2.25. The number of anilines is 1. The molecule has 0 spiro atoms. The number of nitrogens with one attached hydrogen (secondary N) is 1. The lowest BCUT2D eigenvalue weighted by atomic mass is 9.97. The Morgan fingerprint density at radius 3 is 2.89 bits per heavy atom. The van der Waals surface area contributed by atoms with Crippen LogP contribution in [0.25, 0.3) is 22.3 Å². The van der Waals surface area contributed by atoms with Gasteiger partial charge < -0.3 is 24.8 Å². The fourth-order valence-corrected chi connectivity index (χ4v) is 4.70. The summed E-state index contributed by atoms with van der Waals surface area (Å²) in [5.41, 5.74) is 2.58. The number of piperidine rings is 1. The molecule has 2 aliphatic heterocycles. The zero-order valence-corrected chi connectivity index (χ0v) is 20.6. The Balaban J connectivity index is 0.00000289. The molecule has 0 unspecified atom stereocenters. The highest BCUT2D eigenvalue weighted by Crippen LogP contribution is 2.33. The molecule has 0 aliphatic carbocycles. The Labute approximate surface area is 211 Å². The molecule has 2 saturated heterocycles. The summed E-state index contributed by atoms with van der Waals surface area (Å²) >= 11 is 0. The van der Waals surface area contributed by atoms with Gasteiger partial charge in [-0.15, -0.1) is 12.4 Å². The van der Waals surface area contributed by atoms with Crippen molar-refractivity contribution in [2.75, 3.05) is 37.7 Å². The van der Waals surface area contributed by atoms with Crippen molar-refractivity contribution in [3.8, 4) is 17.1 Å². The molecule has 0 bridgehead atoms. The maximum atomic E-state index is 12.2. The van der Waals surface area contributed by atoms with Gasteiger partial charge in [0.1, 0.15) is 17.7 Å². The number of amides is 1. The van der Waals surface area contributed by atoms with Crippen LogP contribution in [0.15, 0.2) is 42.5 Å². The molecule has 2 N–H and O–H groups in total. The van der Waals surface area contributed by atoms with Gasteiger partial charge >= 0.3 is 6.09 Å². The number of fused-ring (bicyclic) bond motifs is 1. The molecule has 2 aromatic carbocycles. The van der Waals surface area contributed by atoms with E-state index in [1.54, 1.807) is 12.1 Å². The summed E-state index contributed by atoms with van der Waals surface area (Å²) in [7, 11) is 0. The smallest absolute Gasteiger partial charge is 0.407 e. The van der Waals surface area contributed by atoms with Crippen LogP contribution in [0.5, 0.6) is 5.75 Å². The number of halogens is 1. The molecule has 35 heavy (non-hydrogen) atoms. The predicted molar refractivity (Wildman–Crippen MR) is 137 cm³/mol. The van der Waals surface area contributed by atoms with Crippen LogP contribution >= 0.6 is 12.4 Å². The van der Waals surface area contributed by atoms with E-state index < -0.39 is 0 Å². The number of nitrogens with zero attached hydrogens (tertiary/aromatic N) is 3. The van der Waals surface area contributed by atoms with Crippen molar-refractivity contribution in [2.24, 2.45) is 5.92 Å². The van der Waals surface area contributed by atoms with Gasteiger partial charge in [0.2, 0.25) is 0 Å². The molecule has 2 aliphatic rings. The molecular formula is C26H31ClN4O4. The molecule has 1 amide bonds. The number of aromatic hydroxyl groups is 1. The van der Waals surface area contributed by atoms with E-state index in [1.807, 2.05) is 19.1 Å². The second kappa shape index (κ2) is 11.1. The number of hydrogen-bond acceptors (Lipinski definition) is 7. The van der Waals surface area contributed by atoms with Gasteiger partial charge in [-0.2, -0.15) is 0 Å².